The number of morpholine rings is 1. The van der Waals surface area contributed by atoms with Crippen LogP contribution < -0.4 is 5.73 Å². The van der Waals surface area contributed by atoms with Gasteiger partial charge >= 0.3 is 0 Å². The Balaban J connectivity index is 2.51. The zero-order valence-corrected chi connectivity index (χ0v) is 12.4. The van der Waals surface area contributed by atoms with Gasteiger partial charge in [-0.05, 0) is 18.6 Å². The highest BCUT2D eigenvalue weighted by Crippen LogP contribution is 2.30. The minimum atomic E-state index is -3.96. The molecule has 0 spiro atoms. The molecule has 0 bridgehead atoms. The average molecular weight is 315 g/mol. The first-order valence-electron chi connectivity index (χ1n) is 6.51. The second-order valence-electron chi connectivity index (χ2n) is 4.74. The summed E-state index contributed by atoms with van der Waals surface area (Å²) in [5.74, 6) is 0. The van der Waals surface area contributed by atoms with E-state index < -0.39 is 20.6 Å². The highest BCUT2D eigenvalue weighted by Gasteiger charge is 2.37. The van der Waals surface area contributed by atoms with E-state index in [1.54, 1.807) is 0 Å². The van der Waals surface area contributed by atoms with Crippen LogP contribution in [0.1, 0.15) is 13.3 Å². The maximum absolute atomic E-state index is 12.7. The lowest BCUT2D eigenvalue weighted by Crippen LogP contribution is -2.48. The van der Waals surface area contributed by atoms with Gasteiger partial charge in [0.05, 0.1) is 18.1 Å². The highest BCUT2D eigenvalue weighted by atomic mass is 32.2. The van der Waals surface area contributed by atoms with E-state index in [4.69, 9.17) is 10.5 Å². The molecular formula is C12H17N3O5S. The lowest BCUT2D eigenvalue weighted by molar-refractivity contribution is -0.387. The summed E-state index contributed by atoms with van der Waals surface area (Å²) in [6.45, 7) is 2.60. The third kappa shape index (κ3) is 2.99. The Labute approximate surface area is 122 Å². The summed E-state index contributed by atoms with van der Waals surface area (Å²) < 4.78 is 32.0. The Bertz CT molecular complexity index is 646. The Morgan fingerprint density at radius 1 is 1.52 bits per heavy atom. The molecule has 0 aliphatic carbocycles. The Kier molecular flexibility index (Phi) is 4.45. The Hall–Kier alpha value is -1.71. The van der Waals surface area contributed by atoms with E-state index in [-0.39, 0.29) is 29.8 Å². The number of hydrogen-bond acceptors (Lipinski definition) is 6. The van der Waals surface area contributed by atoms with Gasteiger partial charge < -0.3 is 10.5 Å². The molecule has 8 nitrogen and oxygen atoms in total. The van der Waals surface area contributed by atoms with Gasteiger partial charge in [-0.3, -0.25) is 10.1 Å². The van der Waals surface area contributed by atoms with Gasteiger partial charge in [0, 0.05) is 24.3 Å². The molecule has 21 heavy (non-hydrogen) atoms. The Morgan fingerprint density at radius 2 is 2.24 bits per heavy atom. The monoisotopic (exact) mass is 315 g/mol. The minimum Gasteiger partial charge on any atom is -0.399 e. The van der Waals surface area contributed by atoms with Crippen molar-refractivity contribution in [2.75, 3.05) is 25.5 Å². The summed E-state index contributed by atoms with van der Waals surface area (Å²) in [6.07, 6.45) is 0.571. The molecule has 1 atom stereocenters. The molecule has 116 valence electrons. The fourth-order valence-electron chi connectivity index (χ4n) is 2.30. The first-order valence-corrected chi connectivity index (χ1v) is 7.95. The van der Waals surface area contributed by atoms with Crippen molar-refractivity contribution < 1.29 is 18.1 Å². The number of nitrogen functional groups attached to an aromatic ring is 1. The lowest BCUT2D eigenvalue weighted by atomic mass is 10.2. The molecule has 1 aliphatic heterocycles. The van der Waals surface area contributed by atoms with Crippen LogP contribution in [0.2, 0.25) is 0 Å². The molecule has 2 N–H and O–H groups in total. The zero-order chi connectivity index (χ0) is 15.6. The summed E-state index contributed by atoms with van der Waals surface area (Å²) in [7, 11) is -3.96. The molecule has 0 aromatic heterocycles. The fraction of sp³-hybridized carbons (Fsp3) is 0.500. The van der Waals surface area contributed by atoms with Crippen LogP contribution >= 0.6 is 0 Å². The third-order valence-corrected chi connectivity index (χ3v) is 5.41. The molecule has 0 radical (unpaired) electrons. The van der Waals surface area contributed by atoms with Gasteiger partial charge in [-0.1, -0.05) is 6.92 Å². The minimum absolute atomic E-state index is 0.148. The standard InChI is InChI=1S/C12H17N3O5S/c1-2-10-8-20-6-5-14(10)21(18,19)12-4-3-9(13)7-11(12)15(16)17/h3-4,7,10H,2,5-6,8,13H2,1H3. The van der Waals surface area contributed by atoms with Crippen molar-refractivity contribution in [2.24, 2.45) is 0 Å². The summed E-state index contributed by atoms with van der Waals surface area (Å²) in [5, 5.41) is 11.1. The van der Waals surface area contributed by atoms with Gasteiger partial charge in [0.15, 0.2) is 4.90 Å². The van der Waals surface area contributed by atoms with E-state index in [9.17, 15) is 18.5 Å². The van der Waals surface area contributed by atoms with E-state index in [1.165, 1.54) is 16.4 Å². The van der Waals surface area contributed by atoms with Crippen molar-refractivity contribution in [1.82, 2.24) is 4.31 Å². The van der Waals surface area contributed by atoms with Gasteiger partial charge in [0.25, 0.3) is 5.69 Å². The SMILES string of the molecule is CCC1COCCN1S(=O)(=O)c1ccc(N)cc1[N+](=O)[O-]. The van der Waals surface area contributed by atoms with Crippen molar-refractivity contribution >= 4 is 21.4 Å². The number of anilines is 1. The second kappa shape index (κ2) is 5.96. The molecular weight excluding hydrogens is 298 g/mol. The van der Waals surface area contributed by atoms with E-state index in [1.807, 2.05) is 6.92 Å². The molecule has 9 heteroatoms. The molecule has 1 fully saturated rings. The van der Waals surface area contributed by atoms with Gasteiger partial charge in [-0.15, -0.1) is 0 Å². The van der Waals surface area contributed by atoms with Crippen LogP contribution in [0.25, 0.3) is 0 Å². The van der Waals surface area contributed by atoms with Crippen LogP contribution in [0, 0.1) is 10.1 Å². The molecule has 1 aliphatic rings. The van der Waals surface area contributed by atoms with E-state index in [2.05, 4.69) is 0 Å². The molecule has 1 aromatic carbocycles. The number of nitrogens with two attached hydrogens (primary N) is 1. The maximum atomic E-state index is 12.7. The Morgan fingerprint density at radius 3 is 2.86 bits per heavy atom. The van der Waals surface area contributed by atoms with Crippen molar-refractivity contribution in [3.63, 3.8) is 0 Å². The largest absolute Gasteiger partial charge is 0.399 e. The highest BCUT2D eigenvalue weighted by molar-refractivity contribution is 7.89. The average Bonchev–Trinajstić information content (AvgIpc) is 2.46. The van der Waals surface area contributed by atoms with Crippen molar-refractivity contribution in [1.29, 1.82) is 0 Å². The van der Waals surface area contributed by atoms with Gasteiger partial charge in [0.1, 0.15) is 0 Å². The molecule has 0 saturated carbocycles. The fourth-order valence-corrected chi connectivity index (χ4v) is 4.11. The van der Waals surface area contributed by atoms with Gasteiger partial charge in [-0.2, -0.15) is 4.31 Å². The van der Waals surface area contributed by atoms with E-state index >= 15 is 0 Å². The molecule has 0 amide bonds. The van der Waals surface area contributed by atoms with Gasteiger partial charge in [-0.25, -0.2) is 8.42 Å². The number of nitro benzene ring substituents is 1. The molecule has 1 unspecified atom stereocenters. The zero-order valence-electron chi connectivity index (χ0n) is 11.6. The predicted octanol–water partition coefficient (Wildman–Crippen LogP) is 0.976. The van der Waals surface area contributed by atoms with Crippen LogP contribution in [0.4, 0.5) is 11.4 Å². The quantitative estimate of drug-likeness (QED) is 0.503. The number of rotatable bonds is 4. The number of ether oxygens (including phenoxy) is 1. The first-order chi connectivity index (χ1) is 9.87. The normalized spacial score (nSPS) is 20.3. The van der Waals surface area contributed by atoms with Crippen LogP contribution in [-0.4, -0.2) is 43.4 Å². The van der Waals surface area contributed by atoms with Crippen LogP contribution in [0.5, 0.6) is 0 Å². The van der Waals surface area contributed by atoms with Crippen LogP contribution in [0.3, 0.4) is 0 Å². The molecule has 1 saturated heterocycles. The lowest BCUT2D eigenvalue weighted by Gasteiger charge is -2.33. The first kappa shape index (κ1) is 15.7. The predicted molar refractivity (Wildman–Crippen MR) is 76.3 cm³/mol. The topological polar surface area (TPSA) is 116 Å². The third-order valence-electron chi connectivity index (χ3n) is 3.41. The number of sulfonamides is 1. The molecule has 2 rings (SSSR count). The van der Waals surface area contributed by atoms with Crippen LogP contribution in [0.15, 0.2) is 23.1 Å². The van der Waals surface area contributed by atoms with Crippen molar-refractivity contribution in [3.8, 4) is 0 Å². The number of nitrogens with zero attached hydrogens (tertiary/aromatic N) is 2. The van der Waals surface area contributed by atoms with Crippen molar-refractivity contribution in [3.05, 3.63) is 28.3 Å². The van der Waals surface area contributed by atoms with Gasteiger partial charge in [0.2, 0.25) is 10.0 Å². The molecule has 1 heterocycles. The summed E-state index contributed by atoms with van der Waals surface area (Å²) in [6, 6.07) is 3.28. The summed E-state index contributed by atoms with van der Waals surface area (Å²) in [5.41, 5.74) is 5.15. The second-order valence-corrected chi connectivity index (χ2v) is 6.60. The number of hydrogen-bond donors (Lipinski definition) is 1. The van der Waals surface area contributed by atoms with E-state index in [0.717, 1.165) is 6.07 Å². The smallest absolute Gasteiger partial charge is 0.291 e. The van der Waals surface area contributed by atoms with Crippen molar-refractivity contribution in [2.45, 2.75) is 24.3 Å². The maximum Gasteiger partial charge on any atom is 0.291 e. The molecule has 1 aromatic rings. The van der Waals surface area contributed by atoms with E-state index in [0.29, 0.717) is 13.0 Å². The number of nitro groups is 1. The number of benzene rings is 1. The summed E-state index contributed by atoms with van der Waals surface area (Å²) >= 11 is 0. The van der Waals surface area contributed by atoms with Crippen LogP contribution in [-0.2, 0) is 14.8 Å². The summed E-state index contributed by atoms with van der Waals surface area (Å²) in [4.78, 5) is 10.0.